The van der Waals surface area contributed by atoms with Crippen LogP contribution in [0.5, 0.6) is 0 Å². The number of aromatic nitrogens is 1. The number of hydrogen-bond acceptors (Lipinski definition) is 6. The fourth-order valence-electron chi connectivity index (χ4n) is 1.84. The maximum absolute atomic E-state index is 12.5. The maximum atomic E-state index is 12.5. The number of sulfonamides is 1. The Morgan fingerprint density at radius 3 is 3.05 bits per heavy atom. The third-order valence-electron chi connectivity index (χ3n) is 2.84. The van der Waals surface area contributed by atoms with Crippen molar-refractivity contribution in [1.29, 1.82) is 5.26 Å². The molecule has 110 valence electrons. The number of ether oxygens (including phenoxy) is 1. The first kappa shape index (κ1) is 15.4. The topological polar surface area (TPSA) is 104 Å². The smallest absolute Gasteiger partial charge is 0.244 e. The minimum atomic E-state index is -3.74. The molecule has 0 aromatic carbocycles. The largest absolute Gasteiger partial charge is 0.384 e. The van der Waals surface area contributed by atoms with Crippen molar-refractivity contribution >= 4 is 10.0 Å². The third-order valence-corrected chi connectivity index (χ3v) is 4.67. The predicted molar refractivity (Wildman–Crippen MR) is 72.3 cm³/mol. The summed E-state index contributed by atoms with van der Waals surface area (Å²) in [6.07, 6.45) is 1.88. The van der Waals surface area contributed by atoms with Crippen LogP contribution in [0, 0.1) is 23.2 Å². The van der Waals surface area contributed by atoms with Crippen LogP contribution < -0.4 is 0 Å². The van der Waals surface area contributed by atoms with Crippen LogP contribution in [-0.2, 0) is 14.8 Å². The van der Waals surface area contributed by atoms with E-state index in [-0.39, 0.29) is 31.2 Å². The first-order valence-corrected chi connectivity index (χ1v) is 7.58. The van der Waals surface area contributed by atoms with Gasteiger partial charge >= 0.3 is 0 Å². The molecule has 0 amide bonds. The molecule has 1 N–H and O–H groups in total. The summed E-state index contributed by atoms with van der Waals surface area (Å²) in [6.45, 7) is 0.0393. The molecule has 1 unspecified atom stereocenters. The molecule has 21 heavy (non-hydrogen) atoms. The van der Waals surface area contributed by atoms with Crippen LogP contribution in [0.15, 0.2) is 23.4 Å². The maximum Gasteiger partial charge on any atom is 0.244 e. The normalized spacial score (nSPS) is 19.3. The van der Waals surface area contributed by atoms with Crippen molar-refractivity contribution in [3.63, 3.8) is 0 Å². The van der Waals surface area contributed by atoms with Crippen LogP contribution in [0.2, 0.25) is 0 Å². The average Bonchev–Trinajstić information content (AvgIpc) is 2.53. The summed E-state index contributed by atoms with van der Waals surface area (Å²) >= 11 is 0. The Balaban J connectivity index is 2.29. The molecule has 1 fully saturated rings. The molecule has 1 aromatic rings. The van der Waals surface area contributed by atoms with E-state index in [2.05, 4.69) is 16.8 Å². The second kappa shape index (κ2) is 6.66. The van der Waals surface area contributed by atoms with Gasteiger partial charge in [0.25, 0.3) is 0 Å². The monoisotopic (exact) mass is 307 g/mol. The van der Waals surface area contributed by atoms with Crippen LogP contribution in [0.3, 0.4) is 0 Å². The van der Waals surface area contributed by atoms with E-state index in [0.29, 0.717) is 5.56 Å². The zero-order valence-corrected chi connectivity index (χ0v) is 11.9. The van der Waals surface area contributed by atoms with Gasteiger partial charge in [0.05, 0.1) is 19.2 Å². The lowest BCUT2D eigenvalue weighted by Crippen LogP contribution is -2.45. The van der Waals surface area contributed by atoms with Gasteiger partial charge in [-0.3, -0.25) is 4.98 Å². The molecular weight excluding hydrogens is 294 g/mol. The van der Waals surface area contributed by atoms with Crippen molar-refractivity contribution in [2.24, 2.45) is 0 Å². The van der Waals surface area contributed by atoms with Crippen molar-refractivity contribution < 1.29 is 18.3 Å². The molecule has 1 aromatic heterocycles. The summed E-state index contributed by atoms with van der Waals surface area (Å²) in [7, 11) is -3.74. The lowest BCUT2D eigenvalue weighted by atomic mass is 10.3. The van der Waals surface area contributed by atoms with Gasteiger partial charge < -0.3 is 9.84 Å². The Morgan fingerprint density at radius 2 is 2.33 bits per heavy atom. The molecule has 7 nitrogen and oxygen atoms in total. The summed E-state index contributed by atoms with van der Waals surface area (Å²) in [6, 6.07) is 3.29. The highest BCUT2D eigenvalue weighted by atomic mass is 32.2. The number of pyridine rings is 1. The second-order valence-corrected chi connectivity index (χ2v) is 6.16. The molecule has 1 aliphatic rings. The lowest BCUT2D eigenvalue weighted by molar-refractivity contribution is 0.0311. The molecule has 8 heteroatoms. The van der Waals surface area contributed by atoms with E-state index in [4.69, 9.17) is 15.1 Å². The fraction of sp³-hybridized carbons (Fsp3) is 0.385. The minimum Gasteiger partial charge on any atom is -0.384 e. The van der Waals surface area contributed by atoms with Crippen LogP contribution in [0.1, 0.15) is 5.56 Å². The van der Waals surface area contributed by atoms with E-state index in [1.165, 1.54) is 22.8 Å². The highest BCUT2D eigenvalue weighted by Crippen LogP contribution is 2.18. The van der Waals surface area contributed by atoms with Crippen molar-refractivity contribution in [3.8, 4) is 17.9 Å². The van der Waals surface area contributed by atoms with E-state index in [9.17, 15) is 8.42 Å². The SMILES string of the molecule is N#CC1CN(S(=O)(=O)c2cncc(C#CCO)c2)CCO1. The second-order valence-electron chi connectivity index (χ2n) is 4.22. The average molecular weight is 307 g/mol. The Kier molecular flexibility index (Phi) is 4.89. The van der Waals surface area contributed by atoms with Gasteiger partial charge in [0, 0.05) is 24.5 Å². The van der Waals surface area contributed by atoms with Crippen LogP contribution >= 0.6 is 0 Å². The summed E-state index contributed by atoms with van der Waals surface area (Å²) in [4.78, 5) is 3.86. The van der Waals surface area contributed by atoms with Gasteiger partial charge in [-0.2, -0.15) is 9.57 Å². The molecular formula is C13H13N3O4S. The highest BCUT2D eigenvalue weighted by Gasteiger charge is 2.31. The molecule has 2 heterocycles. The van der Waals surface area contributed by atoms with Gasteiger partial charge in [0.1, 0.15) is 11.5 Å². The van der Waals surface area contributed by atoms with E-state index in [1.54, 1.807) is 0 Å². The van der Waals surface area contributed by atoms with E-state index >= 15 is 0 Å². The van der Waals surface area contributed by atoms with Crippen molar-refractivity contribution in [2.75, 3.05) is 26.3 Å². The Bertz CT molecular complexity index is 715. The molecule has 0 saturated carbocycles. The quantitative estimate of drug-likeness (QED) is 0.727. The summed E-state index contributed by atoms with van der Waals surface area (Å²) in [5, 5.41) is 17.5. The molecule has 0 aliphatic carbocycles. The molecule has 0 bridgehead atoms. The zero-order valence-electron chi connectivity index (χ0n) is 11.1. The highest BCUT2D eigenvalue weighted by molar-refractivity contribution is 7.89. The van der Waals surface area contributed by atoms with Crippen molar-refractivity contribution in [1.82, 2.24) is 9.29 Å². The van der Waals surface area contributed by atoms with Gasteiger partial charge in [0.15, 0.2) is 6.10 Å². The summed E-state index contributed by atoms with van der Waals surface area (Å²) < 4.78 is 31.3. The number of hydrogen-bond donors (Lipinski definition) is 1. The predicted octanol–water partition coefficient (Wildman–Crippen LogP) is -0.662. The van der Waals surface area contributed by atoms with Crippen molar-refractivity contribution in [3.05, 3.63) is 24.0 Å². The molecule has 2 rings (SSSR count). The first-order valence-electron chi connectivity index (χ1n) is 6.14. The van der Waals surface area contributed by atoms with Gasteiger partial charge in [0.2, 0.25) is 10.0 Å². The third kappa shape index (κ3) is 3.57. The fourth-order valence-corrected chi connectivity index (χ4v) is 3.26. The zero-order chi connectivity index (χ0) is 15.3. The number of rotatable bonds is 2. The Morgan fingerprint density at radius 1 is 1.52 bits per heavy atom. The number of aliphatic hydroxyl groups is 1. The Hall–Kier alpha value is -1.97. The molecule has 0 radical (unpaired) electrons. The molecule has 1 atom stereocenters. The number of nitriles is 1. The summed E-state index contributed by atoms with van der Waals surface area (Å²) in [5.41, 5.74) is 0.398. The number of morpholine rings is 1. The molecule has 0 spiro atoms. The van der Waals surface area contributed by atoms with E-state index in [1.807, 2.05) is 6.07 Å². The molecule has 1 aliphatic heterocycles. The van der Waals surface area contributed by atoms with Gasteiger partial charge in [-0.1, -0.05) is 11.8 Å². The van der Waals surface area contributed by atoms with Crippen molar-refractivity contribution in [2.45, 2.75) is 11.0 Å². The Labute approximate surface area is 122 Å². The van der Waals surface area contributed by atoms with Gasteiger partial charge in [-0.15, -0.1) is 0 Å². The minimum absolute atomic E-state index is 0.00540. The van der Waals surface area contributed by atoms with Crippen LogP contribution in [-0.4, -0.2) is 55.2 Å². The van der Waals surface area contributed by atoms with E-state index < -0.39 is 16.1 Å². The number of nitrogens with zero attached hydrogens (tertiary/aromatic N) is 3. The number of aliphatic hydroxyl groups excluding tert-OH is 1. The summed E-state index contributed by atoms with van der Waals surface area (Å²) in [5.74, 6) is 5.04. The standard InChI is InChI=1S/C13H13N3O4S/c14-7-12-10-16(3-5-20-12)21(18,19)13-6-11(2-1-4-17)8-15-9-13/h6,8-9,12,17H,3-5,10H2. The van der Waals surface area contributed by atoms with Crippen LogP contribution in [0.25, 0.3) is 0 Å². The van der Waals surface area contributed by atoms with Gasteiger partial charge in [-0.25, -0.2) is 8.42 Å². The van der Waals surface area contributed by atoms with Gasteiger partial charge in [-0.05, 0) is 6.07 Å². The lowest BCUT2D eigenvalue weighted by Gasteiger charge is -2.28. The first-order chi connectivity index (χ1) is 10.1. The van der Waals surface area contributed by atoms with Crippen LogP contribution in [0.4, 0.5) is 0 Å². The van der Waals surface area contributed by atoms with E-state index in [0.717, 1.165) is 0 Å². The molecule has 1 saturated heterocycles.